The average molecular weight is 558 g/mol. The molecule has 2 N–H and O–H groups in total. The lowest BCUT2D eigenvalue weighted by molar-refractivity contribution is -0.153. The van der Waals surface area contributed by atoms with Crippen LogP contribution in [-0.2, 0) is 35.4 Å². The number of anilines is 1. The zero-order valence-corrected chi connectivity index (χ0v) is 22.0. The summed E-state index contributed by atoms with van der Waals surface area (Å²) in [5.74, 6) is -0.781. The number of oxime groups is 1. The maximum Gasteiger partial charge on any atom is 0.355 e. The van der Waals surface area contributed by atoms with Gasteiger partial charge in [-0.25, -0.2) is 9.78 Å². The van der Waals surface area contributed by atoms with Gasteiger partial charge in [0.1, 0.15) is 42.3 Å². The molecule has 2 aromatic rings. The average Bonchev–Trinajstić information content (AvgIpc) is 3.40. The van der Waals surface area contributed by atoms with Crippen LogP contribution >= 0.6 is 23.1 Å². The summed E-state index contributed by atoms with van der Waals surface area (Å²) < 4.78 is 10.6. The molecule has 1 fully saturated rings. The molecule has 0 radical (unpaired) electrons. The summed E-state index contributed by atoms with van der Waals surface area (Å²) in [6.45, 7) is 3.76. The Bertz CT molecular complexity index is 1320. The van der Waals surface area contributed by atoms with Crippen LogP contribution in [0.2, 0.25) is 0 Å². The third kappa shape index (κ3) is 5.40. The number of amides is 3. The van der Waals surface area contributed by atoms with E-state index in [1.165, 1.54) is 35.2 Å². The fraction of sp³-hybridized carbons (Fsp3) is 0.250. The number of carbonyl (C=O) groups excluding carboxylic acids is 4. The number of nitrogens with zero attached hydrogens (tertiary/aromatic N) is 3. The molecule has 3 heterocycles. The minimum absolute atomic E-state index is 0.00217. The molecule has 0 bridgehead atoms. The molecule has 12 nitrogen and oxygen atoms in total. The lowest BCUT2D eigenvalue weighted by Crippen LogP contribution is -2.71. The highest BCUT2D eigenvalue weighted by atomic mass is 32.2. The van der Waals surface area contributed by atoms with Crippen LogP contribution in [0.15, 0.2) is 58.7 Å². The van der Waals surface area contributed by atoms with Crippen LogP contribution in [-0.4, -0.2) is 71.2 Å². The van der Waals surface area contributed by atoms with E-state index in [2.05, 4.69) is 27.4 Å². The van der Waals surface area contributed by atoms with E-state index in [1.807, 2.05) is 0 Å². The van der Waals surface area contributed by atoms with E-state index in [0.717, 1.165) is 16.9 Å². The normalized spacial score (nSPS) is 18.6. The van der Waals surface area contributed by atoms with Gasteiger partial charge in [0, 0.05) is 11.1 Å². The van der Waals surface area contributed by atoms with Crippen LogP contribution in [0.25, 0.3) is 0 Å². The molecular formula is C24H23N5O7S2. The number of allylic oxidation sites excluding steroid dienone is 1. The van der Waals surface area contributed by atoms with Crippen molar-refractivity contribution < 1.29 is 33.5 Å². The monoisotopic (exact) mass is 557 g/mol. The Morgan fingerprint density at radius 3 is 2.71 bits per heavy atom. The molecular weight excluding hydrogens is 534 g/mol. The van der Waals surface area contributed by atoms with Gasteiger partial charge in [0.2, 0.25) is 6.41 Å². The van der Waals surface area contributed by atoms with Crippen molar-refractivity contribution in [2.75, 3.05) is 25.3 Å². The van der Waals surface area contributed by atoms with Gasteiger partial charge in [-0.1, -0.05) is 29.9 Å². The van der Waals surface area contributed by atoms with Crippen molar-refractivity contribution in [3.8, 4) is 5.75 Å². The molecule has 0 spiro atoms. The first-order valence-electron chi connectivity index (χ1n) is 11.1. The first-order valence-corrected chi connectivity index (χ1v) is 13.0. The second-order valence-electron chi connectivity index (χ2n) is 7.79. The third-order valence-corrected chi connectivity index (χ3v) is 7.66. The number of carbonyl (C=O) groups is 4. The quantitative estimate of drug-likeness (QED) is 0.138. The van der Waals surface area contributed by atoms with E-state index in [1.54, 1.807) is 31.4 Å². The summed E-state index contributed by atoms with van der Waals surface area (Å²) in [5.41, 5.74) is 1.40. The molecule has 1 saturated heterocycles. The van der Waals surface area contributed by atoms with Gasteiger partial charge in [-0.05, 0) is 23.3 Å². The fourth-order valence-electron chi connectivity index (χ4n) is 3.73. The summed E-state index contributed by atoms with van der Waals surface area (Å²) in [6, 6.07) is 6.13. The van der Waals surface area contributed by atoms with Crippen LogP contribution < -0.4 is 15.4 Å². The summed E-state index contributed by atoms with van der Waals surface area (Å²) in [5, 5.41) is 10.0. The molecule has 198 valence electrons. The highest BCUT2D eigenvalue weighted by molar-refractivity contribution is 8.00. The van der Waals surface area contributed by atoms with Gasteiger partial charge in [-0.15, -0.1) is 23.1 Å². The Kier molecular flexibility index (Phi) is 8.43. The number of hydrogen-bond acceptors (Lipinski definition) is 11. The third-order valence-electron chi connectivity index (χ3n) is 5.58. The van der Waals surface area contributed by atoms with E-state index in [-0.39, 0.29) is 28.8 Å². The standard InChI is InChI=1S/C24H23N5O7S2/c1-4-14-10-37-22-18(27-20(31)17(28-35-3)16-11-38-24(26-16)25-12-30)21(32)29(22)19(14)23(33)36-9-13-5-7-15(34-2)8-6-13/h4-8,11-12,18,22H,1,9-10H2,2-3H3,(H,27,31)(H,25,26,30)/b28-17-. The van der Waals surface area contributed by atoms with Gasteiger partial charge in [-0.3, -0.25) is 19.3 Å². The number of β-lactam (4-membered cyclic amide) rings is 1. The minimum atomic E-state index is -0.920. The number of thioether (sulfide) groups is 1. The molecule has 2 atom stereocenters. The molecule has 1 aromatic heterocycles. The van der Waals surface area contributed by atoms with E-state index < -0.39 is 29.2 Å². The zero-order valence-electron chi connectivity index (χ0n) is 20.3. The van der Waals surface area contributed by atoms with Gasteiger partial charge < -0.3 is 24.9 Å². The maximum atomic E-state index is 13.1. The van der Waals surface area contributed by atoms with Crippen molar-refractivity contribution in [3.05, 3.63) is 64.8 Å². The molecule has 2 aliphatic rings. The highest BCUT2D eigenvalue weighted by Crippen LogP contribution is 2.41. The first kappa shape index (κ1) is 26.9. The van der Waals surface area contributed by atoms with Crippen LogP contribution in [0.1, 0.15) is 11.3 Å². The number of hydrogen-bond donors (Lipinski definition) is 2. The van der Waals surface area contributed by atoms with E-state index >= 15 is 0 Å². The number of ether oxygens (including phenoxy) is 2. The zero-order chi connectivity index (χ0) is 27.2. The van der Waals surface area contributed by atoms with Gasteiger partial charge in [0.05, 0.1) is 7.11 Å². The molecule has 2 unspecified atom stereocenters. The summed E-state index contributed by atoms with van der Waals surface area (Å²) in [6.07, 6.45) is 1.98. The molecule has 14 heteroatoms. The van der Waals surface area contributed by atoms with Crippen LogP contribution in [0.4, 0.5) is 5.13 Å². The SMILES string of the molecule is C=CC1=C(C(=O)OCc2ccc(OC)cc2)N2C(=O)C(NC(=O)/C(=N\OC)c3csc(NC=O)n3)C2SC1. The fourth-order valence-corrected chi connectivity index (χ4v) is 5.73. The Labute approximate surface area is 225 Å². The predicted molar refractivity (Wildman–Crippen MR) is 140 cm³/mol. The number of nitrogens with one attached hydrogen (secondary N) is 2. The molecule has 0 saturated carbocycles. The van der Waals surface area contributed by atoms with Crippen molar-refractivity contribution in [1.29, 1.82) is 0 Å². The second kappa shape index (κ2) is 11.9. The molecule has 3 amide bonds. The molecule has 2 aliphatic heterocycles. The van der Waals surface area contributed by atoms with Crippen molar-refractivity contribution in [3.63, 3.8) is 0 Å². The number of benzene rings is 1. The van der Waals surface area contributed by atoms with Gasteiger partial charge in [0.25, 0.3) is 11.8 Å². The Hall–Kier alpha value is -4.17. The minimum Gasteiger partial charge on any atom is -0.497 e. The van der Waals surface area contributed by atoms with Crippen molar-refractivity contribution in [2.45, 2.75) is 18.0 Å². The molecule has 4 rings (SSSR count). The van der Waals surface area contributed by atoms with Crippen molar-refractivity contribution >= 4 is 58.1 Å². The van der Waals surface area contributed by atoms with E-state index in [4.69, 9.17) is 14.3 Å². The number of fused-ring (bicyclic) bond motifs is 1. The number of methoxy groups -OCH3 is 1. The second-order valence-corrected chi connectivity index (χ2v) is 9.75. The Morgan fingerprint density at radius 2 is 2.05 bits per heavy atom. The summed E-state index contributed by atoms with van der Waals surface area (Å²) in [4.78, 5) is 60.1. The maximum absolute atomic E-state index is 13.1. The molecule has 38 heavy (non-hydrogen) atoms. The van der Waals surface area contributed by atoms with E-state index in [0.29, 0.717) is 23.5 Å². The first-order chi connectivity index (χ1) is 18.4. The lowest BCUT2D eigenvalue weighted by Gasteiger charge is -2.49. The van der Waals surface area contributed by atoms with Crippen molar-refractivity contribution in [1.82, 2.24) is 15.2 Å². The van der Waals surface area contributed by atoms with E-state index in [9.17, 15) is 19.2 Å². The largest absolute Gasteiger partial charge is 0.497 e. The van der Waals surface area contributed by atoms with Gasteiger partial charge >= 0.3 is 5.97 Å². The van der Waals surface area contributed by atoms with Crippen LogP contribution in [0, 0.1) is 0 Å². The Balaban J connectivity index is 1.46. The lowest BCUT2D eigenvalue weighted by atomic mass is 10.0. The smallest absolute Gasteiger partial charge is 0.355 e. The topological polar surface area (TPSA) is 149 Å². The number of thiazole rings is 1. The number of rotatable bonds is 11. The summed E-state index contributed by atoms with van der Waals surface area (Å²) >= 11 is 2.47. The molecule has 0 aliphatic carbocycles. The van der Waals surface area contributed by atoms with Crippen LogP contribution in [0.3, 0.4) is 0 Å². The van der Waals surface area contributed by atoms with Gasteiger partial charge in [0.15, 0.2) is 10.8 Å². The highest BCUT2D eigenvalue weighted by Gasteiger charge is 2.54. The van der Waals surface area contributed by atoms with Crippen LogP contribution in [0.5, 0.6) is 5.75 Å². The number of esters is 1. The van der Waals surface area contributed by atoms with Gasteiger partial charge in [-0.2, -0.15) is 0 Å². The number of aromatic nitrogens is 1. The predicted octanol–water partition coefficient (Wildman–Crippen LogP) is 1.65. The Morgan fingerprint density at radius 1 is 1.29 bits per heavy atom. The summed E-state index contributed by atoms with van der Waals surface area (Å²) in [7, 11) is 2.83. The van der Waals surface area contributed by atoms with Crippen molar-refractivity contribution in [2.24, 2.45) is 5.16 Å². The molecule has 1 aromatic carbocycles.